The number of amides is 1. The maximum atomic E-state index is 12.3. The molecule has 1 amide bonds. The van der Waals surface area contributed by atoms with E-state index in [1.54, 1.807) is 6.07 Å². The molecule has 2 aromatic carbocycles. The normalized spacial score (nSPS) is 11.0. The van der Waals surface area contributed by atoms with Crippen molar-refractivity contribution in [1.82, 2.24) is 19.9 Å². The minimum Gasteiger partial charge on any atom is -0.462 e. The van der Waals surface area contributed by atoms with E-state index in [0.717, 1.165) is 30.1 Å². The van der Waals surface area contributed by atoms with Gasteiger partial charge in [-0.15, -0.1) is 0 Å². The predicted molar refractivity (Wildman–Crippen MR) is 145 cm³/mol. The summed E-state index contributed by atoms with van der Waals surface area (Å²) in [6.07, 6.45) is 5.89. The molecule has 0 aliphatic carbocycles. The van der Waals surface area contributed by atoms with Crippen LogP contribution >= 0.6 is 0 Å². The summed E-state index contributed by atoms with van der Waals surface area (Å²) in [7, 11) is 3.88. The lowest BCUT2D eigenvalue weighted by Gasteiger charge is -2.11. The molecule has 0 aliphatic rings. The van der Waals surface area contributed by atoms with E-state index in [1.807, 2.05) is 73.6 Å². The van der Waals surface area contributed by atoms with Crippen molar-refractivity contribution in [2.24, 2.45) is 0 Å². The van der Waals surface area contributed by atoms with E-state index < -0.39 is 11.9 Å². The van der Waals surface area contributed by atoms with E-state index in [0.29, 0.717) is 28.9 Å². The summed E-state index contributed by atoms with van der Waals surface area (Å²) in [5, 5.41) is 6.57. The molecule has 0 saturated carbocycles. The molecule has 2 heterocycles. The van der Waals surface area contributed by atoms with Crippen molar-refractivity contribution in [2.45, 2.75) is 6.42 Å². The fourth-order valence-corrected chi connectivity index (χ4v) is 3.41. The number of anilines is 3. The number of fused-ring (bicyclic) bond motifs is 1. The lowest BCUT2D eigenvalue weighted by molar-refractivity contribution is -0.138. The predicted octanol–water partition coefficient (Wildman–Crippen LogP) is 4.55. The van der Waals surface area contributed by atoms with Gasteiger partial charge in [0.25, 0.3) is 0 Å². The Hall–Kier alpha value is -4.83. The molecule has 0 unspecified atom stereocenters. The number of ether oxygens (including phenoxy) is 2. The Balaban J connectivity index is 1.38. The summed E-state index contributed by atoms with van der Waals surface area (Å²) in [5.41, 5.74) is 1.39. The van der Waals surface area contributed by atoms with Crippen LogP contribution in [0.1, 0.15) is 6.42 Å². The molecule has 38 heavy (non-hydrogen) atoms. The summed E-state index contributed by atoms with van der Waals surface area (Å²) in [6.45, 7) is 1.09. The first-order chi connectivity index (χ1) is 18.5. The molecule has 2 aromatic heterocycles. The number of nitrogens with zero attached hydrogens (tertiary/aromatic N) is 4. The smallest absolute Gasteiger partial charge is 0.330 e. The van der Waals surface area contributed by atoms with E-state index in [2.05, 4.69) is 25.6 Å². The molecule has 10 heteroatoms. The highest BCUT2D eigenvalue weighted by molar-refractivity contribution is 6.03. The number of esters is 1. The number of benzene rings is 2. The van der Waals surface area contributed by atoms with Crippen LogP contribution in [-0.2, 0) is 14.3 Å². The Kier molecular flexibility index (Phi) is 8.93. The second kappa shape index (κ2) is 12.9. The minimum absolute atomic E-state index is 0.285. The van der Waals surface area contributed by atoms with Crippen LogP contribution in [0.2, 0.25) is 0 Å². The number of rotatable bonds is 11. The van der Waals surface area contributed by atoms with Crippen molar-refractivity contribution in [3.05, 3.63) is 85.3 Å². The first-order valence-corrected chi connectivity index (χ1v) is 12.0. The van der Waals surface area contributed by atoms with Crippen molar-refractivity contribution in [3.63, 3.8) is 0 Å². The average molecular weight is 513 g/mol. The Bertz CT molecular complexity index is 1410. The standard InChI is InChI=1S/C28H28N6O4/c1-34(2)15-6-16-37-27(36)14-13-26(35)33-25-17-23-24(18-29-25)30-19-31-28(23)32-20-9-11-22(12-10-20)38-21-7-4-3-5-8-21/h3-5,7-14,17-19H,6,15-16H2,1-2H3,(H,29,33,35)(H,30,31,32). The van der Waals surface area contributed by atoms with Gasteiger partial charge in [-0.05, 0) is 63.0 Å². The maximum Gasteiger partial charge on any atom is 0.330 e. The van der Waals surface area contributed by atoms with Crippen LogP contribution in [0.5, 0.6) is 11.5 Å². The Labute approximate surface area is 220 Å². The minimum atomic E-state index is -0.578. The fraction of sp³-hybridized carbons (Fsp3) is 0.179. The van der Waals surface area contributed by atoms with Crippen molar-refractivity contribution in [1.29, 1.82) is 0 Å². The van der Waals surface area contributed by atoms with Crippen LogP contribution in [0, 0.1) is 0 Å². The van der Waals surface area contributed by atoms with Crippen molar-refractivity contribution < 1.29 is 19.1 Å². The van der Waals surface area contributed by atoms with Gasteiger partial charge in [0, 0.05) is 29.8 Å². The van der Waals surface area contributed by atoms with Gasteiger partial charge >= 0.3 is 5.97 Å². The lowest BCUT2D eigenvalue weighted by Crippen LogP contribution is -2.16. The summed E-state index contributed by atoms with van der Waals surface area (Å²) >= 11 is 0. The van der Waals surface area contributed by atoms with Gasteiger partial charge in [0.15, 0.2) is 0 Å². The zero-order valence-electron chi connectivity index (χ0n) is 21.1. The highest BCUT2D eigenvalue weighted by Crippen LogP contribution is 2.27. The molecule has 0 bridgehead atoms. The van der Waals surface area contributed by atoms with Crippen molar-refractivity contribution >= 4 is 40.1 Å². The van der Waals surface area contributed by atoms with Gasteiger partial charge in [-0.25, -0.2) is 19.7 Å². The third-order valence-corrected chi connectivity index (χ3v) is 5.23. The molecule has 4 aromatic rings. The molecule has 194 valence electrons. The SMILES string of the molecule is CN(C)CCCOC(=O)C=CC(=O)Nc1cc2c(Nc3ccc(Oc4ccccc4)cc3)ncnc2cn1. The molecule has 4 rings (SSSR count). The first kappa shape index (κ1) is 26.2. The molecule has 0 spiro atoms. The average Bonchev–Trinajstić information content (AvgIpc) is 2.92. The third kappa shape index (κ3) is 7.84. The second-order valence-electron chi connectivity index (χ2n) is 8.52. The van der Waals surface area contributed by atoms with Gasteiger partial charge in [0.1, 0.15) is 29.5 Å². The number of para-hydroxylation sites is 1. The molecular formula is C28H28N6O4. The van der Waals surface area contributed by atoms with E-state index >= 15 is 0 Å². The highest BCUT2D eigenvalue weighted by Gasteiger charge is 2.09. The van der Waals surface area contributed by atoms with Crippen molar-refractivity contribution in [2.75, 3.05) is 37.9 Å². The number of carbonyl (C=O) groups excluding carboxylic acids is 2. The molecule has 0 atom stereocenters. The zero-order valence-corrected chi connectivity index (χ0v) is 21.1. The van der Waals surface area contributed by atoms with Gasteiger partial charge in [-0.3, -0.25) is 4.79 Å². The monoisotopic (exact) mass is 512 g/mol. The fourth-order valence-electron chi connectivity index (χ4n) is 3.41. The van der Waals surface area contributed by atoms with Crippen LogP contribution in [0.15, 0.2) is 85.3 Å². The summed E-state index contributed by atoms with van der Waals surface area (Å²) in [6, 6.07) is 18.7. The number of hydrogen-bond acceptors (Lipinski definition) is 9. The number of carbonyl (C=O) groups is 2. The van der Waals surface area contributed by atoms with Crippen LogP contribution in [0.4, 0.5) is 17.3 Å². The zero-order chi connectivity index (χ0) is 26.7. The summed E-state index contributed by atoms with van der Waals surface area (Å²) in [5.74, 6) is 1.20. The van der Waals surface area contributed by atoms with Crippen molar-refractivity contribution in [3.8, 4) is 11.5 Å². The first-order valence-electron chi connectivity index (χ1n) is 12.0. The van der Waals surface area contributed by atoms with Gasteiger partial charge in [0.2, 0.25) is 5.91 Å². The Morgan fingerprint density at radius 1 is 0.947 bits per heavy atom. The quantitative estimate of drug-likeness (QED) is 0.169. The molecule has 10 nitrogen and oxygen atoms in total. The van der Waals surface area contributed by atoms with Gasteiger partial charge in [-0.2, -0.15) is 0 Å². The van der Waals surface area contributed by atoms with E-state index in [9.17, 15) is 9.59 Å². The Morgan fingerprint density at radius 2 is 1.71 bits per heavy atom. The largest absolute Gasteiger partial charge is 0.462 e. The van der Waals surface area contributed by atoms with Crippen LogP contribution in [0.25, 0.3) is 10.9 Å². The summed E-state index contributed by atoms with van der Waals surface area (Å²) in [4.78, 5) is 38.9. The topological polar surface area (TPSA) is 119 Å². The summed E-state index contributed by atoms with van der Waals surface area (Å²) < 4.78 is 10.9. The number of hydrogen-bond donors (Lipinski definition) is 2. The molecule has 2 N–H and O–H groups in total. The van der Waals surface area contributed by atoms with E-state index in [1.165, 1.54) is 12.5 Å². The maximum absolute atomic E-state index is 12.3. The number of nitrogens with one attached hydrogen (secondary N) is 2. The van der Waals surface area contributed by atoms with Gasteiger partial charge < -0.3 is 25.0 Å². The highest BCUT2D eigenvalue weighted by atomic mass is 16.5. The molecule has 0 radical (unpaired) electrons. The molecule has 0 fully saturated rings. The van der Waals surface area contributed by atoms with Gasteiger partial charge in [0.05, 0.1) is 18.3 Å². The number of pyridine rings is 1. The third-order valence-electron chi connectivity index (χ3n) is 5.23. The van der Waals surface area contributed by atoms with E-state index in [-0.39, 0.29) is 12.4 Å². The van der Waals surface area contributed by atoms with Crippen LogP contribution in [0.3, 0.4) is 0 Å². The second-order valence-corrected chi connectivity index (χ2v) is 8.52. The van der Waals surface area contributed by atoms with Gasteiger partial charge in [-0.1, -0.05) is 18.2 Å². The lowest BCUT2D eigenvalue weighted by atomic mass is 10.2. The Morgan fingerprint density at radius 3 is 2.47 bits per heavy atom. The van der Waals surface area contributed by atoms with Crippen LogP contribution in [-0.4, -0.2) is 59.0 Å². The molecule has 0 aliphatic heterocycles. The molecular weight excluding hydrogens is 484 g/mol. The van der Waals surface area contributed by atoms with Crippen LogP contribution < -0.4 is 15.4 Å². The number of aromatic nitrogens is 3. The van der Waals surface area contributed by atoms with E-state index in [4.69, 9.17) is 9.47 Å². The molecule has 0 saturated heterocycles.